The predicted molar refractivity (Wildman–Crippen MR) is 72.6 cm³/mol. The molecule has 1 fully saturated rings. The Balaban J connectivity index is 1.72. The average Bonchev–Trinajstić information content (AvgIpc) is 2.84. The summed E-state index contributed by atoms with van der Waals surface area (Å²) in [7, 11) is 0. The number of fused-ring (bicyclic) bond motifs is 1. The van der Waals surface area contributed by atoms with E-state index >= 15 is 0 Å². The molecule has 2 aromatic rings. The molecule has 5 N–H and O–H groups in total. The van der Waals surface area contributed by atoms with Crippen LogP contribution in [0.2, 0.25) is 0 Å². The van der Waals surface area contributed by atoms with Gasteiger partial charge in [-0.15, -0.1) is 0 Å². The average molecular weight is 262 g/mol. The number of aromatic nitrogens is 4. The molecule has 2 unspecified atom stereocenters. The first-order chi connectivity index (χ1) is 9.22. The fourth-order valence-electron chi connectivity index (χ4n) is 2.68. The number of hydrogen-bond donors (Lipinski definition) is 4. The van der Waals surface area contributed by atoms with E-state index in [9.17, 15) is 5.11 Å². The smallest absolute Gasteiger partial charge is 0.224 e. The lowest BCUT2D eigenvalue weighted by Gasteiger charge is -2.26. The molecule has 2 aromatic heterocycles. The Hall–Kier alpha value is -1.89. The summed E-state index contributed by atoms with van der Waals surface area (Å²) < 4.78 is 0. The van der Waals surface area contributed by atoms with Gasteiger partial charge in [-0.05, 0) is 25.2 Å². The Bertz CT molecular complexity index is 568. The van der Waals surface area contributed by atoms with Crippen LogP contribution in [0.5, 0.6) is 0 Å². The molecule has 0 spiro atoms. The summed E-state index contributed by atoms with van der Waals surface area (Å²) in [5.74, 6) is 1.40. The van der Waals surface area contributed by atoms with Gasteiger partial charge in [0.25, 0.3) is 0 Å². The molecular weight excluding hydrogens is 244 g/mol. The monoisotopic (exact) mass is 262 g/mol. The Morgan fingerprint density at radius 1 is 1.42 bits per heavy atom. The molecule has 0 amide bonds. The predicted octanol–water partition coefficient (Wildman–Crippen LogP) is 0.898. The lowest BCUT2D eigenvalue weighted by atomic mass is 9.87. The molecule has 102 valence electrons. The quantitative estimate of drug-likeness (QED) is 0.653. The van der Waals surface area contributed by atoms with Crippen LogP contribution in [0.3, 0.4) is 0 Å². The van der Waals surface area contributed by atoms with Gasteiger partial charge in [0.05, 0.1) is 17.7 Å². The number of aliphatic hydroxyl groups excluding tert-OH is 1. The van der Waals surface area contributed by atoms with Crippen LogP contribution in [0.4, 0.5) is 11.8 Å². The lowest BCUT2D eigenvalue weighted by Crippen LogP contribution is -2.25. The zero-order valence-corrected chi connectivity index (χ0v) is 10.6. The minimum absolute atomic E-state index is 0.162. The molecule has 7 heteroatoms. The standard InChI is InChI=1S/C12H18N6O/c13-12-16-10(9-6-15-18-11(9)17-12)14-5-7-2-1-3-8(19)4-7/h6-8,19H,1-5H2,(H4,13,14,15,16,17,18). The van der Waals surface area contributed by atoms with Crippen LogP contribution in [0.15, 0.2) is 6.20 Å². The van der Waals surface area contributed by atoms with Crippen molar-refractivity contribution in [2.45, 2.75) is 31.8 Å². The molecule has 0 saturated heterocycles. The third kappa shape index (κ3) is 2.60. The maximum atomic E-state index is 9.67. The molecule has 0 aliphatic heterocycles. The molecule has 1 aliphatic carbocycles. The summed E-state index contributed by atoms with van der Waals surface area (Å²) in [6.45, 7) is 0.786. The highest BCUT2D eigenvalue weighted by atomic mass is 16.3. The van der Waals surface area contributed by atoms with Crippen molar-refractivity contribution in [1.29, 1.82) is 0 Å². The minimum Gasteiger partial charge on any atom is -0.393 e. The molecule has 0 radical (unpaired) electrons. The maximum Gasteiger partial charge on any atom is 0.224 e. The topological polar surface area (TPSA) is 113 Å². The van der Waals surface area contributed by atoms with E-state index in [1.807, 2.05) is 0 Å². The van der Waals surface area contributed by atoms with Crippen LogP contribution in [0.25, 0.3) is 11.0 Å². The summed E-state index contributed by atoms with van der Waals surface area (Å²) in [6, 6.07) is 0. The first-order valence-electron chi connectivity index (χ1n) is 6.61. The second-order valence-corrected chi connectivity index (χ2v) is 5.13. The molecular formula is C12H18N6O. The number of nitrogens with two attached hydrogens (primary N) is 1. The Labute approximate surface area is 110 Å². The third-order valence-corrected chi connectivity index (χ3v) is 3.64. The highest BCUT2D eigenvalue weighted by Gasteiger charge is 2.20. The van der Waals surface area contributed by atoms with Gasteiger partial charge >= 0.3 is 0 Å². The number of hydrogen-bond acceptors (Lipinski definition) is 6. The number of anilines is 2. The van der Waals surface area contributed by atoms with Gasteiger partial charge in [-0.3, -0.25) is 5.10 Å². The molecule has 7 nitrogen and oxygen atoms in total. The Kier molecular flexibility index (Phi) is 3.20. The summed E-state index contributed by atoms with van der Waals surface area (Å²) in [5.41, 5.74) is 6.30. The maximum absolute atomic E-state index is 9.67. The molecule has 19 heavy (non-hydrogen) atoms. The van der Waals surface area contributed by atoms with Gasteiger partial charge in [-0.2, -0.15) is 15.1 Å². The van der Waals surface area contributed by atoms with Crippen molar-refractivity contribution in [3.05, 3.63) is 6.20 Å². The number of nitrogens with one attached hydrogen (secondary N) is 2. The van der Waals surface area contributed by atoms with Gasteiger partial charge in [0.2, 0.25) is 5.95 Å². The number of aromatic amines is 1. The summed E-state index contributed by atoms with van der Waals surface area (Å²) in [6.07, 6.45) is 5.52. The number of aliphatic hydroxyl groups is 1. The molecule has 1 aliphatic rings. The third-order valence-electron chi connectivity index (χ3n) is 3.64. The molecule has 3 rings (SSSR count). The fourth-order valence-corrected chi connectivity index (χ4v) is 2.68. The van der Waals surface area contributed by atoms with E-state index < -0.39 is 0 Å². The second kappa shape index (κ2) is 5.00. The van der Waals surface area contributed by atoms with E-state index in [2.05, 4.69) is 25.5 Å². The molecule has 2 atom stereocenters. The van der Waals surface area contributed by atoms with Gasteiger partial charge in [-0.25, -0.2) is 0 Å². The number of nitrogen functional groups attached to an aromatic ring is 1. The van der Waals surface area contributed by atoms with Crippen molar-refractivity contribution in [3.8, 4) is 0 Å². The van der Waals surface area contributed by atoms with E-state index in [1.165, 1.54) is 0 Å². The second-order valence-electron chi connectivity index (χ2n) is 5.13. The lowest BCUT2D eigenvalue weighted by molar-refractivity contribution is 0.104. The van der Waals surface area contributed by atoms with Crippen molar-refractivity contribution in [2.24, 2.45) is 5.92 Å². The summed E-state index contributed by atoms with van der Waals surface area (Å²) in [4.78, 5) is 8.28. The minimum atomic E-state index is -0.162. The first kappa shape index (κ1) is 12.2. The van der Waals surface area contributed by atoms with Crippen LogP contribution < -0.4 is 11.1 Å². The Morgan fingerprint density at radius 2 is 2.32 bits per heavy atom. The molecule has 0 bridgehead atoms. The van der Waals surface area contributed by atoms with Crippen LogP contribution in [-0.4, -0.2) is 37.9 Å². The summed E-state index contributed by atoms with van der Waals surface area (Å²) in [5, 5.41) is 20.5. The van der Waals surface area contributed by atoms with E-state index in [0.29, 0.717) is 17.4 Å². The van der Waals surface area contributed by atoms with E-state index in [4.69, 9.17) is 5.73 Å². The van der Waals surface area contributed by atoms with Gasteiger partial charge < -0.3 is 16.2 Å². The highest BCUT2D eigenvalue weighted by molar-refractivity contribution is 5.86. The molecule has 2 heterocycles. The Morgan fingerprint density at radius 3 is 3.16 bits per heavy atom. The van der Waals surface area contributed by atoms with E-state index in [0.717, 1.165) is 37.6 Å². The van der Waals surface area contributed by atoms with Crippen molar-refractivity contribution in [3.63, 3.8) is 0 Å². The highest BCUT2D eigenvalue weighted by Crippen LogP contribution is 2.25. The van der Waals surface area contributed by atoms with Gasteiger partial charge in [-0.1, -0.05) is 6.42 Å². The number of nitrogens with zero attached hydrogens (tertiary/aromatic N) is 3. The number of H-pyrrole nitrogens is 1. The zero-order chi connectivity index (χ0) is 13.2. The van der Waals surface area contributed by atoms with Gasteiger partial charge in [0.1, 0.15) is 5.82 Å². The van der Waals surface area contributed by atoms with Crippen LogP contribution >= 0.6 is 0 Å². The van der Waals surface area contributed by atoms with Gasteiger partial charge in [0, 0.05) is 6.54 Å². The van der Waals surface area contributed by atoms with Crippen LogP contribution in [0.1, 0.15) is 25.7 Å². The van der Waals surface area contributed by atoms with Crippen molar-refractivity contribution >= 4 is 22.8 Å². The van der Waals surface area contributed by atoms with E-state index in [-0.39, 0.29) is 12.1 Å². The largest absolute Gasteiger partial charge is 0.393 e. The zero-order valence-electron chi connectivity index (χ0n) is 10.6. The van der Waals surface area contributed by atoms with Gasteiger partial charge in [0.15, 0.2) is 5.65 Å². The summed E-state index contributed by atoms with van der Waals surface area (Å²) >= 11 is 0. The van der Waals surface area contributed by atoms with Crippen molar-refractivity contribution < 1.29 is 5.11 Å². The van der Waals surface area contributed by atoms with Crippen molar-refractivity contribution in [1.82, 2.24) is 20.2 Å². The number of rotatable bonds is 3. The van der Waals surface area contributed by atoms with Crippen molar-refractivity contribution in [2.75, 3.05) is 17.6 Å². The van der Waals surface area contributed by atoms with E-state index in [1.54, 1.807) is 6.20 Å². The molecule has 0 aromatic carbocycles. The normalized spacial score (nSPS) is 23.6. The molecule has 1 saturated carbocycles. The SMILES string of the molecule is Nc1nc(NCC2CCCC(O)C2)c2cn[nH]c2n1. The van der Waals surface area contributed by atoms with Crippen LogP contribution in [-0.2, 0) is 0 Å². The first-order valence-corrected chi connectivity index (χ1v) is 6.61. The van der Waals surface area contributed by atoms with Crippen LogP contribution in [0, 0.1) is 5.92 Å². The fraction of sp³-hybridized carbons (Fsp3) is 0.583.